The van der Waals surface area contributed by atoms with Gasteiger partial charge in [-0.25, -0.2) is 19.4 Å². The van der Waals surface area contributed by atoms with Crippen LogP contribution >= 0.6 is 0 Å². The summed E-state index contributed by atoms with van der Waals surface area (Å²) in [4.78, 5) is 22.4. The second-order valence-electron chi connectivity index (χ2n) is 5.71. The van der Waals surface area contributed by atoms with Crippen molar-refractivity contribution in [2.24, 2.45) is 0 Å². The van der Waals surface area contributed by atoms with Crippen LogP contribution in [0.2, 0.25) is 0 Å². The zero-order valence-corrected chi connectivity index (χ0v) is 14.5. The first kappa shape index (κ1) is 17.4. The fourth-order valence-electron chi connectivity index (χ4n) is 2.49. The third-order valence-electron chi connectivity index (χ3n) is 3.82. The highest BCUT2D eigenvalue weighted by Crippen LogP contribution is 2.15. The Bertz CT molecular complexity index is 821. The Labute approximate surface area is 151 Å². The number of anilines is 2. The lowest BCUT2D eigenvalue weighted by molar-refractivity contribution is 0.252. The van der Waals surface area contributed by atoms with Gasteiger partial charge in [0.2, 0.25) is 0 Å². The molecular weight excluding hydrogens is 330 g/mol. The number of aromatic nitrogens is 4. The van der Waals surface area contributed by atoms with Crippen molar-refractivity contribution < 1.29 is 4.79 Å². The van der Waals surface area contributed by atoms with Gasteiger partial charge < -0.3 is 15.5 Å². The summed E-state index contributed by atoms with van der Waals surface area (Å²) in [5.74, 6) is 0.518. The number of hydrogen-bond acceptors (Lipinski definition) is 5. The molecule has 0 bridgehead atoms. The summed E-state index contributed by atoms with van der Waals surface area (Å²) >= 11 is 0. The molecule has 2 aromatic heterocycles. The van der Waals surface area contributed by atoms with Gasteiger partial charge in [-0.1, -0.05) is 18.2 Å². The predicted molar refractivity (Wildman–Crippen MR) is 101 cm³/mol. The van der Waals surface area contributed by atoms with Crippen molar-refractivity contribution in [2.75, 3.05) is 30.4 Å². The van der Waals surface area contributed by atoms with Crippen LogP contribution in [0.15, 0.2) is 61.3 Å². The molecule has 0 spiro atoms. The second kappa shape index (κ2) is 8.61. The molecule has 0 aliphatic rings. The molecule has 8 nitrogen and oxygen atoms in total. The number of benzene rings is 1. The summed E-state index contributed by atoms with van der Waals surface area (Å²) in [7, 11) is 2.04. The fourth-order valence-corrected chi connectivity index (χ4v) is 2.49. The molecule has 0 saturated heterocycles. The van der Waals surface area contributed by atoms with Gasteiger partial charge in [-0.3, -0.25) is 0 Å². The van der Waals surface area contributed by atoms with Crippen molar-refractivity contribution in [3.8, 4) is 5.82 Å². The monoisotopic (exact) mass is 351 g/mol. The molecule has 0 fully saturated rings. The van der Waals surface area contributed by atoms with Crippen molar-refractivity contribution >= 4 is 17.4 Å². The number of amides is 2. The Hall–Kier alpha value is -3.42. The van der Waals surface area contributed by atoms with E-state index in [0.717, 1.165) is 18.7 Å². The molecule has 0 aliphatic carbocycles. The Morgan fingerprint density at radius 2 is 2.04 bits per heavy atom. The van der Waals surface area contributed by atoms with E-state index in [4.69, 9.17) is 0 Å². The van der Waals surface area contributed by atoms with Gasteiger partial charge in [0, 0.05) is 32.0 Å². The maximum Gasteiger partial charge on any atom is 0.319 e. The van der Waals surface area contributed by atoms with E-state index in [-0.39, 0.29) is 6.03 Å². The molecule has 0 aliphatic heterocycles. The largest absolute Gasteiger partial charge is 0.375 e. The predicted octanol–water partition coefficient (Wildman–Crippen LogP) is 2.31. The second-order valence-corrected chi connectivity index (χ2v) is 5.71. The number of rotatable bonds is 7. The molecule has 26 heavy (non-hydrogen) atoms. The van der Waals surface area contributed by atoms with Crippen LogP contribution < -0.4 is 15.5 Å². The summed E-state index contributed by atoms with van der Waals surface area (Å²) in [6, 6.07) is 13.4. The first-order chi connectivity index (χ1) is 12.7. The van der Waals surface area contributed by atoms with Crippen LogP contribution in [0.4, 0.5) is 16.2 Å². The summed E-state index contributed by atoms with van der Waals surface area (Å²) in [5.41, 5.74) is 1.72. The highest BCUT2D eigenvalue weighted by atomic mass is 16.2. The van der Waals surface area contributed by atoms with Gasteiger partial charge in [0.1, 0.15) is 12.7 Å². The molecule has 0 saturated carbocycles. The zero-order valence-electron chi connectivity index (χ0n) is 14.5. The highest BCUT2D eigenvalue weighted by Gasteiger charge is 2.09. The minimum absolute atomic E-state index is 0.276. The van der Waals surface area contributed by atoms with Crippen molar-refractivity contribution in [2.45, 2.75) is 6.42 Å². The average Bonchev–Trinajstić information content (AvgIpc) is 3.21. The highest BCUT2D eigenvalue weighted by molar-refractivity contribution is 5.90. The molecular formula is C18H21N7O. The number of nitrogens with zero attached hydrogens (tertiary/aromatic N) is 5. The maximum atomic E-state index is 12.1. The molecule has 3 aromatic rings. The first-order valence-corrected chi connectivity index (χ1v) is 8.35. The molecule has 8 heteroatoms. The number of carbonyl (C=O) groups excluding carboxylic acids is 1. The SMILES string of the molecule is CN(CCCNC(=O)Nc1cccnc1-n1cncn1)c1ccccc1. The van der Waals surface area contributed by atoms with Crippen LogP contribution in [0, 0.1) is 0 Å². The molecule has 3 rings (SSSR count). The Morgan fingerprint density at radius 3 is 2.81 bits per heavy atom. The van der Waals surface area contributed by atoms with E-state index in [2.05, 4.69) is 42.7 Å². The summed E-state index contributed by atoms with van der Waals surface area (Å²) in [6.45, 7) is 1.42. The van der Waals surface area contributed by atoms with E-state index in [1.54, 1.807) is 18.3 Å². The number of para-hydroxylation sites is 1. The van der Waals surface area contributed by atoms with E-state index >= 15 is 0 Å². The van der Waals surface area contributed by atoms with Gasteiger partial charge in [-0.2, -0.15) is 5.10 Å². The van der Waals surface area contributed by atoms with E-state index < -0.39 is 0 Å². The maximum absolute atomic E-state index is 12.1. The van der Waals surface area contributed by atoms with Crippen molar-refractivity contribution in [3.05, 3.63) is 61.3 Å². The fraction of sp³-hybridized carbons (Fsp3) is 0.222. The van der Waals surface area contributed by atoms with Crippen molar-refractivity contribution in [1.82, 2.24) is 25.1 Å². The summed E-state index contributed by atoms with van der Waals surface area (Å²) < 4.78 is 1.50. The molecule has 2 amide bonds. The van der Waals surface area contributed by atoms with E-state index in [1.165, 1.54) is 17.3 Å². The van der Waals surface area contributed by atoms with Gasteiger partial charge in [-0.15, -0.1) is 0 Å². The van der Waals surface area contributed by atoms with Gasteiger partial charge in [0.15, 0.2) is 5.82 Å². The number of pyridine rings is 1. The zero-order chi connectivity index (χ0) is 18.2. The summed E-state index contributed by atoms with van der Waals surface area (Å²) in [5, 5.41) is 9.71. The lowest BCUT2D eigenvalue weighted by Gasteiger charge is -2.19. The standard InChI is InChI=1S/C18H21N7O/c1-24(15-7-3-2-4-8-15)12-6-11-21-18(26)23-16-9-5-10-20-17(16)25-14-19-13-22-25/h2-5,7-10,13-14H,6,11-12H2,1H3,(H2,21,23,26). The quantitative estimate of drug-likeness (QED) is 0.638. The number of nitrogens with one attached hydrogen (secondary N) is 2. The third-order valence-corrected chi connectivity index (χ3v) is 3.82. The van der Waals surface area contributed by atoms with Gasteiger partial charge >= 0.3 is 6.03 Å². The van der Waals surface area contributed by atoms with Crippen LogP contribution in [0.1, 0.15) is 6.42 Å². The first-order valence-electron chi connectivity index (χ1n) is 8.35. The van der Waals surface area contributed by atoms with E-state index in [1.807, 2.05) is 25.2 Å². The van der Waals surface area contributed by atoms with Crippen LogP contribution in [-0.2, 0) is 0 Å². The normalized spacial score (nSPS) is 10.3. The van der Waals surface area contributed by atoms with Crippen LogP contribution in [-0.4, -0.2) is 45.9 Å². The molecule has 134 valence electrons. The molecule has 1 aromatic carbocycles. The van der Waals surface area contributed by atoms with Crippen LogP contribution in [0.5, 0.6) is 0 Å². The van der Waals surface area contributed by atoms with E-state index in [0.29, 0.717) is 18.1 Å². The molecule has 2 heterocycles. The van der Waals surface area contributed by atoms with Crippen molar-refractivity contribution in [3.63, 3.8) is 0 Å². The van der Waals surface area contributed by atoms with Crippen LogP contribution in [0.25, 0.3) is 5.82 Å². The molecule has 0 atom stereocenters. The smallest absolute Gasteiger partial charge is 0.319 e. The number of hydrogen-bond donors (Lipinski definition) is 2. The van der Waals surface area contributed by atoms with E-state index in [9.17, 15) is 4.79 Å². The molecule has 2 N–H and O–H groups in total. The van der Waals surface area contributed by atoms with Gasteiger partial charge in [0.05, 0.1) is 5.69 Å². The Kier molecular flexibility index (Phi) is 5.76. The lowest BCUT2D eigenvalue weighted by atomic mass is 10.3. The van der Waals surface area contributed by atoms with Crippen molar-refractivity contribution in [1.29, 1.82) is 0 Å². The Balaban J connectivity index is 1.47. The summed E-state index contributed by atoms with van der Waals surface area (Å²) in [6.07, 6.45) is 5.42. The minimum Gasteiger partial charge on any atom is -0.375 e. The molecule has 0 unspecified atom stereocenters. The van der Waals surface area contributed by atoms with Crippen LogP contribution in [0.3, 0.4) is 0 Å². The Morgan fingerprint density at radius 1 is 1.19 bits per heavy atom. The minimum atomic E-state index is -0.276. The van der Waals surface area contributed by atoms with Gasteiger partial charge in [0.25, 0.3) is 0 Å². The third kappa shape index (κ3) is 4.56. The lowest BCUT2D eigenvalue weighted by Crippen LogP contribution is -2.32. The number of carbonyl (C=O) groups is 1. The molecule has 0 radical (unpaired) electrons. The average molecular weight is 351 g/mol. The topological polar surface area (TPSA) is 88.0 Å². The van der Waals surface area contributed by atoms with Gasteiger partial charge in [-0.05, 0) is 30.7 Å². The number of urea groups is 1.